The molecule has 0 saturated carbocycles. The fourth-order valence-corrected chi connectivity index (χ4v) is 2.69. The van der Waals surface area contributed by atoms with Crippen molar-refractivity contribution in [1.29, 1.82) is 0 Å². The first-order chi connectivity index (χ1) is 11.5. The van der Waals surface area contributed by atoms with Crippen molar-refractivity contribution in [2.24, 2.45) is 0 Å². The SMILES string of the molecule is O=C(O)c1cnc(C(=O)N2CCOC(c3ccc(Br)cc3)C2)cn1. The monoisotopic (exact) mass is 391 g/mol. The topological polar surface area (TPSA) is 92.6 Å². The Hall–Kier alpha value is -2.32. The summed E-state index contributed by atoms with van der Waals surface area (Å²) in [6.07, 6.45) is 2.07. The lowest BCUT2D eigenvalue weighted by molar-refractivity contribution is -0.0230. The van der Waals surface area contributed by atoms with Gasteiger partial charge in [-0.2, -0.15) is 0 Å². The third-order valence-corrected chi connectivity index (χ3v) is 4.21. The minimum absolute atomic E-state index is 0.122. The van der Waals surface area contributed by atoms with E-state index in [1.54, 1.807) is 4.90 Å². The summed E-state index contributed by atoms with van der Waals surface area (Å²) < 4.78 is 6.72. The van der Waals surface area contributed by atoms with Crippen molar-refractivity contribution in [3.05, 3.63) is 58.1 Å². The lowest BCUT2D eigenvalue weighted by atomic mass is 10.1. The Morgan fingerprint density at radius 3 is 2.46 bits per heavy atom. The maximum Gasteiger partial charge on any atom is 0.356 e. The van der Waals surface area contributed by atoms with Gasteiger partial charge in [0.05, 0.1) is 25.5 Å². The summed E-state index contributed by atoms with van der Waals surface area (Å²) in [5, 5.41) is 8.83. The number of aromatic nitrogens is 2. The smallest absolute Gasteiger partial charge is 0.356 e. The number of ether oxygens (including phenoxy) is 1. The van der Waals surface area contributed by atoms with Crippen LogP contribution in [0.3, 0.4) is 0 Å². The van der Waals surface area contributed by atoms with E-state index >= 15 is 0 Å². The minimum Gasteiger partial charge on any atom is -0.476 e. The number of hydrogen-bond acceptors (Lipinski definition) is 5. The van der Waals surface area contributed by atoms with Crippen molar-refractivity contribution in [3.63, 3.8) is 0 Å². The van der Waals surface area contributed by atoms with Gasteiger partial charge in [0.2, 0.25) is 0 Å². The molecule has 8 heteroatoms. The first-order valence-electron chi connectivity index (χ1n) is 7.26. The van der Waals surface area contributed by atoms with Crippen LogP contribution >= 0.6 is 15.9 Å². The van der Waals surface area contributed by atoms with E-state index < -0.39 is 5.97 Å². The highest BCUT2D eigenvalue weighted by Crippen LogP contribution is 2.24. The zero-order chi connectivity index (χ0) is 17.1. The molecule has 3 rings (SSSR count). The van der Waals surface area contributed by atoms with Crippen LogP contribution in [-0.2, 0) is 4.74 Å². The van der Waals surface area contributed by atoms with Crippen molar-refractivity contribution in [3.8, 4) is 0 Å². The molecule has 2 heterocycles. The first kappa shape index (κ1) is 16.5. The molecule has 1 atom stereocenters. The van der Waals surface area contributed by atoms with Crippen LogP contribution in [0.4, 0.5) is 0 Å². The lowest BCUT2D eigenvalue weighted by Crippen LogP contribution is -2.42. The molecular weight excluding hydrogens is 378 g/mol. The number of benzene rings is 1. The van der Waals surface area contributed by atoms with E-state index in [1.165, 1.54) is 6.20 Å². The fraction of sp³-hybridized carbons (Fsp3) is 0.250. The quantitative estimate of drug-likeness (QED) is 0.861. The fourth-order valence-electron chi connectivity index (χ4n) is 2.42. The molecule has 1 aromatic carbocycles. The van der Waals surface area contributed by atoms with Gasteiger partial charge in [-0.3, -0.25) is 4.79 Å². The highest BCUT2D eigenvalue weighted by Gasteiger charge is 2.27. The van der Waals surface area contributed by atoms with Crippen LogP contribution in [0, 0.1) is 0 Å². The van der Waals surface area contributed by atoms with Crippen LogP contribution < -0.4 is 0 Å². The summed E-state index contributed by atoms with van der Waals surface area (Å²) in [7, 11) is 0. The second-order valence-corrected chi connectivity index (χ2v) is 6.17. The number of hydrogen-bond donors (Lipinski definition) is 1. The van der Waals surface area contributed by atoms with E-state index in [-0.39, 0.29) is 23.4 Å². The van der Waals surface area contributed by atoms with Gasteiger partial charge >= 0.3 is 5.97 Å². The van der Waals surface area contributed by atoms with Gasteiger partial charge in [0.1, 0.15) is 11.8 Å². The standard InChI is InChI=1S/C16H14BrN3O4/c17-11-3-1-10(2-4-11)14-9-20(5-6-24-14)15(21)12-7-19-13(8-18-12)16(22)23/h1-4,7-8,14H,5-6,9H2,(H,22,23). The largest absolute Gasteiger partial charge is 0.476 e. The number of morpholine rings is 1. The second-order valence-electron chi connectivity index (χ2n) is 5.25. The first-order valence-corrected chi connectivity index (χ1v) is 8.05. The third kappa shape index (κ3) is 3.60. The predicted molar refractivity (Wildman–Crippen MR) is 87.7 cm³/mol. The van der Waals surface area contributed by atoms with Crippen LogP contribution in [0.5, 0.6) is 0 Å². The second kappa shape index (κ2) is 7.06. The zero-order valence-corrected chi connectivity index (χ0v) is 14.1. The molecule has 0 bridgehead atoms. The molecule has 2 aromatic rings. The Bertz CT molecular complexity index is 749. The molecule has 124 valence electrons. The Morgan fingerprint density at radius 2 is 1.83 bits per heavy atom. The van der Waals surface area contributed by atoms with Gasteiger partial charge in [0.25, 0.3) is 5.91 Å². The number of carbonyl (C=O) groups is 2. The number of carbonyl (C=O) groups excluding carboxylic acids is 1. The molecule has 0 spiro atoms. The van der Waals surface area contributed by atoms with Crippen molar-refractivity contribution in [1.82, 2.24) is 14.9 Å². The number of aromatic carboxylic acids is 1. The van der Waals surface area contributed by atoms with Crippen molar-refractivity contribution < 1.29 is 19.4 Å². The number of rotatable bonds is 3. The third-order valence-electron chi connectivity index (χ3n) is 3.69. The summed E-state index contributed by atoms with van der Waals surface area (Å²) in [6, 6.07) is 7.75. The minimum atomic E-state index is -1.18. The van der Waals surface area contributed by atoms with Crippen molar-refractivity contribution in [2.45, 2.75) is 6.10 Å². The number of amides is 1. The Labute approximate surface area is 146 Å². The molecule has 0 aliphatic carbocycles. The molecule has 1 amide bonds. The Kier molecular flexibility index (Phi) is 4.86. The number of nitrogens with zero attached hydrogens (tertiary/aromatic N) is 3. The van der Waals surface area contributed by atoms with Crippen molar-refractivity contribution in [2.75, 3.05) is 19.7 Å². The van der Waals surface area contributed by atoms with Gasteiger partial charge in [0.15, 0.2) is 5.69 Å². The molecule has 1 aromatic heterocycles. The van der Waals surface area contributed by atoms with Crippen LogP contribution in [-0.4, -0.2) is 51.5 Å². The highest BCUT2D eigenvalue weighted by atomic mass is 79.9. The molecule has 0 radical (unpaired) electrons. The van der Waals surface area contributed by atoms with Gasteiger partial charge in [0, 0.05) is 11.0 Å². The normalized spacial score (nSPS) is 17.5. The molecule has 7 nitrogen and oxygen atoms in total. The van der Waals surface area contributed by atoms with E-state index in [0.29, 0.717) is 19.7 Å². The molecule has 1 unspecified atom stereocenters. The van der Waals surface area contributed by atoms with E-state index in [0.717, 1.165) is 16.2 Å². The Morgan fingerprint density at radius 1 is 1.17 bits per heavy atom. The Balaban J connectivity index is 1.72. The van der Waals surface area contributed by atoms with Crippen LogP contribution in [0.2, 0.25) is 0 Å². The van der Waals surface area contributed by atoms with E-state index in [9.17, 15) is 9.59 Å². The highest BCUT2D eigenvalue weighted by molar-refractivity contribution is 9.10. The lowest BCUT2D eigenvalue weighted by Gasteiger charge is -2.33. The van der Waals surface area contributed by atoms with E-state index in [4.69, 9.17) is 9.84 Å². The summed E-state index contributed by atoms with van der Waals surface area (Å²) in [4.78, 5) is 32.6. The van der Waals surface area contributed by atoms with E-state index in [2.05, 4.69) is 25.9 Å². The average Bonchev–Trinajstić information content (AvgIpc) is 2.62. The molecule has 1 aliphatic heterocycles. The molecule has 1 fully saturated rings. The summed E-state index contributed by atoms with van der Waals surface area (Å²) in [5.74, 6) is -1.46. The van der Waals surface area contributed by atoms with Crippen LogP contribution in [0.15, 0.2) is 41.1 Å². The molecular formula is C16H14BrN3O4. The van der Waals surface area contributed by atoms with E-state index in [1.807, 2.05) is 24.3 Å². The summed E-state index contributed by atoms with van der Waals surface area (Å²) in [6.45, 7) is 1.28. The maximum atomic E-state index is 12.5. The van der Waals surface area contributed by atoms with Crippen LogP contribution in [0.25, 0.3) is 0 Å². The number of halogens is 1. The van der Waals surface area contributed by atoms with Gasteiger partial charge in [-0.1, -0.05) is 28.1 Å². The van der Waals surface area contributed by atoms with Crippen LogP contribution in [0.1, 0.15) is 32.6 Å². The summed E-state index contributed by atoms with van der Waals surface area (Å²) in [5.41, 5.74) is 0.917. The van der Waals surface area contributed by atoms with Crippen molar-refractivity contribution >= 4 is 27.8 Å². The summed E-state index contributed by atoms with van der Waals surface area (Å²) >= 11 is 3.39. The molecule has 1 saturated heterocycles. The van der Waals surface area contributed by atoms with Gasteiger partial charge in [-0.25, -0.2) is 14.8 Å². The predicted octanol–water partition coefficient (Wildman–Crippen LogP) is 2.15. The molecule has 1 N–H and O–H groups in total. The van der Waals surface area contributed by atoms with Gasteiger partial charge in [-0.05, 0) is 17.7 Å². The zero-order valence-electron chi connectivity index (χ0n) is 12.6. The number of carboxylic acid groups (broad SMARTS) is 1. The average molecular weight is 392 g/mol. The number of carboxylic acids is 1. The van der Waals surface area contributed by atoms with Gasteiger partial charge in [-0.15, -0.1) is 0 Å². The molecule has 24 heavy (non-hydrogen) atoms. The maximum absolute atomic E-state index is 12.5. The molecule has 1 aliphatic rings. The van der Waals surface area contributed by atoms with Gasteiger partial charge < -0.3 is 14.7 Å².